The van der Waals surface area contributed by atoms with Crippen LogP contribution in [0.3, 0.4) is 0 Å². The molecule has 5 heteroatoms. The fraction of sp³-hybridized carbons (Fsp3) is 0.357. The third-order valence-corrected chi connectivity index (χ3v) is 2.74. The summed E-state index contributed by atoms with van der Waals surface area (Å²) in [4.78, 5) is 0. The lowest BCUT2D eigenvalue weighted by atomic mass is 10.1. The highest BCUT2D eigenvalue weighted by Gasteiger charge is 2.30. The molecule has 0 spiro atoms. The van der Waals surface area contributed by atoms with E-state index in [1.165, 1.54) is 6.07 Å². The lowest BCUT2D eigenvalue weighted by molar-refractivity contribution is -0.137. The van der Waals surface area contributed by atoms with Gasteiger partial charge in [0.15, 0.2) is 0 Å². The Morgan fingerprint density at radius 1 is 1.21 bits per heavy atom. The topological polar surface area (TPSA) is 28.7 Å². The standard InChI is InChI=1S/C14H15F3N2/c1-9(2)6-12-8-13(19-18-12)10-4-3-5-11(7-10)14(15,16)17/h3-5,7-9H,6H2,1-2H3,(H,18,19). The van der Waals surface area contributed by atoms with Crippen molar-refractivity contribution in [1.82, 2.24) is 10.2 Å². The lowest BCUT2D eigenvalue weighted by Gasteiger charge is -2.07. The maximum atomic E-state index is 12.6. The van der Waals surface area contributed by atoms with E-state index in [-0.39, 0.29) is 0 Å². The number of benzene rings is 1. The zero-order valence-corrected chi connectivity index (χ0v) is 10.8. The van der Waals surface area contributed by atoms with Crippen LogP contribution in [0.1, 0.15) is 25.1 Å². The maximum absolute atomic E-state index is 12.6. The molecular weight excluding hydrogens is 253 g/mol. The zero-order valence-electron chi connectivity index (χ0n) is 10.8. The number of nitrogens with zero attached hydrogens (tertiary/aromatic N) is 1. The van der Waals surface area contributed by atoms with Crippen LogP contribution >= 0.6 is 0 Å². The van der Waals surface area contributed by atoms with Crippen LogP contribution in [0.4, 0.5) is 13.2 Å². The minimum absolute atomic E-state index is 0.467. The average molecular weight is 268 g/mol. The molecule has 0 aliphatic heterocycles. The molecule has 0 saturated heterocycles. The minimum Gasteiger partial charge on any atom is -0.282 e. The number of H-pyrrole nitrogens is 1. The molecule has 0 aliphatic rings. The Bertz CT molecular complexity index is 556. The molecule has 0 saturated carbocycles. The maximum Gasteiger partial charge on any atom is 0.416 e. The highest BCUT2D eigenvalue weighted by Crippen LogP contribution is 2.31. The fourth-order valence-corrected chi connectivity index (χ4v) is 1.91. The van der Waals surface area contributed by atoms with Gasteiger partial charge in [0.1, 0.15) is 0 Å². The van der Waals surface area contributed by atoms with Crippen LogP contribution in [0.25, 0.3) is 11.3 Å². The first-order valence-corrected chi connectivity index (χ1v) is 6.08. The second-order valence-electron chi connectivity index (χ2n) is 4.95. The predicted octanol–water partition coefficient (Wildman–Crippen LogP) is 4.29. The highest BCUT2D eigenvalue weighted by molar-refractivity contribution is 5.60. The van der Waals surface area contributed by atoms with E-state index >= 15 is 0 Å². The van der Waals surface area contributed by atoms with Gasteiger partial charge in [-0.05, 0) is 30.5 Å². The Kier molecular flexibility index (Phi) is 3.64. The van der Waals surface area contributed by atoms with Crippen molar-refractivity contribution in [2.45, 2.75) is 26.4 Å². The normalized spacial score (nSPS) is 12.1. The van der Waals surface area contributed by atoms with Crippen molar-refractivity contribution in [2.24, 2.45) is 5.92 Å². The third kappa shape index (κ3) is 3.36. The number of alkyl halides is 3. The van der Waals surface area contributed by atoms with Gasteiger partial charge in [0.25, 0.3) is 0 Å². The summed E-state index contributed by atoms with van der Waals surface area (Å²) in [5, 5.41) is 6.93. The first kappa shape index (κ1) is 13.6. The van der Waals surface area contributed by atoms with Crippen molar-refractivity contribution in [3.8, 4) is 11.3 Å². The van der Waals surface area contributed by atoms with Crippen molar-refractivity contribution >= 4 is 0 Å². The van der Waals surface area contributed by atoms with Gasteiger partial charge in [0, 0.05) is 11.3 Å². The number of hydrogen-bond acceptors (Lipinski definition) is 1. The Morgan fingerprint density at radius 3 is 2.58 bits per heavy atom. The molecule has 102 valence electrons. The van der Waals surface area contributed by atoms with Gasteiger partial charge < -0.3 is 0 Å². The second-order valence-corrected chi connectivity index (χ2v) is 4.95. The molecule has 0 unspecified atom stereocenters. The van der Waals surface area contributed by atoms with Crippen molar-refractivity contribution in [3.05, 3.63) is 41.6 Å². The molecule has 2 aromatic rings. The average Bonchev–Trinajstić information content (AvgIpc) is 2.76. The summed E-state index contributed by atoms with van der Waals surface area (Å²) in [6, 6.07) is 7.01. The summed E-state index contributed by atoms with van der Waals surface area (Å²) in [5.41, 5.74) is 1.30. The van der Waals surface area contributed by atoms with Crippen LogP contribution in [0.5, 0.6) is 0 Å². The largest absolute Gasteiger partial charge is 0.416 e. The Balaban J connectivity index is 2.29. The molecule has 1 heterocycles. The van der Waals surface area contributed by atoms with Gasteiger partial charge in [0.05, 0.1) is 11.3 Å². The summed E-state index contributed by atoms with van der Waals surface area (Å²) in [5.74, 6) is 0.467. The van der Waals surface area contributed by atoms with Crippen molar-refractivity contribution in [3.63, 3.8) is 0 Å². The molecule has 1 aromatic heterocycles. The number of aromatic amines is 1. The Morgan fingerprint density at radius 2 is 1.95 bits per heavy atom. The van der Waals surface area contributed by atoms with E-state index in [1.54, 1.807) is 12.1 Å². The van der Waals surface area contributed by atoms with Crippen LogP contribution in [0.2, 0.25) is 0 Å². The number of halogens is 3. The van der Waals surface area contributed by atoms with Gasteiger partial charge in [-0.2, -0.15) is 18.3 Å². The monoisotopic (exact) mass is 268 g/mol. The van der Waals surface area contributed by atoms with Gasteiger partial charge in [-0.1, -0.05) is 26.0 Å². The van der Waals surface area contributed by atoms with Crippen LogP contribution in [0.15, 0.2) is 30.3 Å². The van der Waals surface area contributed by atoms with Crippen molar-refractivity contribution in [1.29, 1.82) is 0 Å². The van der Waals surface area contributed by atoms with Gasteiger partial charge >= 0.3 is 6.18 Å². The van der Waals surface area contributed by atoms with E-state index in [1.807, 2.05) is 0 Å². The molecule has 1 N–H and O–H groups in total. The molecule has 2 rings (SSSR count). The van der Waals surface area contributed by atoms with Crippen LogP contribution in [-0.2, 0) is 12.6 Å². The molecule has 0 bridgehead atoms. The molecule has 0 aliphatic carbocycles. The quantitative estimate of drug-likeness (QED) is 0.883. The van der Waals surface area contributed by atoms with Crippen LogP contribution in [0, 0.1) is 5.92 Å². The fourth-order valence-electron chi connectivity index (χ4n) is 1.91. The minimum atomic E-state index is -4.33. The molecule has 19 heavy (non-hydrogen) atoms. The Labute approximate surface area is 109 Å². The smallest absolute Gasteiger partial charge is 0.282 e. The summed E-state index contributed by atoms with van der Waals surface area (Å²) >= 11 is 0. The number of nitrogens with one attached hydrogen (secondary N) is 1. The van der Waals surface area contributed by atoms with Gasteiger partial charge in [-0.15, -0.1) is 0 Å². The first-order chi connectivity index (χ1) is 8.86. The van der Waals surface area contributed by atoms with Crippen LogP contribution in [-0.4, -0.2) is 10.2 Å². The molecule has 2 nitrogen and oxygen atoms in total. The molecule has 0 radical (unpaired) electrons. The van der Waals surface area contributed by atoms with E-state index in [2.05, 4.69) is 24.0 Å². The summed E-state index contributed by atoms with van der Waals surface area (Å²) < 4.78 is 37.9. The predicted molar refractivity (Wildman–Crippen MR) is 67.6 cm³/mol. The Hall–Kier alpha value is -1.78. The van der Waals surface area contributed by atoms with Gasteiger partial charge in [-0.3, -0.25) is 5.10 Å². The molecule has 1 aromatic carbocycles. The summed E-state index contributed by atoms with van der Waals surface area (Å²) in [6.07, 6.45) is -3.50. The number of rotatable bonds is 3. The van der Waals surface area contributed by atoms with E-state index in [0.29, 0.717) is 17.2 Å². The first-order valence-electron chi connectivity index (χ1n) is 6.08. The summed E-state index contributed by atoms with van der Waals surface area (Å²) in [7, 11) is 0. The van der Waals surface area contributed by atoms with Gasteiger partial charge in [-0.25, -0.2) is 0 Å². The van der Waals surface area contributed by atoms with E-state index in [0.717, 1.165) is 24.2 Å². The van der Waals surface area contributed by atoms with Crippen LogP contribution < -0.4 is 0 Å². The number of aromatic nitrogens is 2. The molecule has 0 atom stereocenters. The van der Waals surface area contributed by atoms with E-state index < -0.39 is 11.7 Å². The van der Waals surface area contributed by atoms with E-state index in [4.69, 9.17) is 0 Å². The third-order valence-electron chi connectivity index (χ3n) is 2.74. The molecule has 0 fully saturated rings. The number of hydrogen-bond donors (Lipinski definition) is 1. The van der Waals surface area contributed by atoms with Crippen molar-refractivity contribution < 1.29 is 13.2 Å². The summed E-state index contributed by atoms with van der Waals surface area (Å²) in [6.45, 7) is 4.15. The zero-order chi connectivity index (χ0) is 14.0. The highest BCUT2D eigenvalue weighted by atomic mass is 19.4. The van der Waals surface area contributed by atoms with Gasteiger partial charge in [0.2, 0.25) is 0 Å². The molecule has 0 amide bonds. The second kappa shape index (κ2) is 5.07. The van der Waals surface area contributed by atoms with E-state index in [9.17, 15) is 13.2 Å². The van der Waals surface area contributed by atoms with Crippen molar-refractivity contribution in [2.75, 3.05) is 0 Å². The lowest BCUT2D eigenvalue weighted by Crippen LogP contribution is -2.04. The molecular formula is C14H15F3N2. The SMILES string of the molecule is CC(C)Cc1cc(-c2cccc(C(F)(F)F)c2)n[nH]1.